The number of nitrogens with zero attached hydrogens (tertiary/aromatic N) is 2. The van der Waals surface area contributed by atoms with E-state index in [-0.39, 0.29) is 35.5 Å². The van der Waals surface area contributed by atoms with Gasteiger partial charge in [0.2, 0.25) is 11.8 Å². The normalized spacial score (nSPS) is 12.0. The molecule has 1 N–H and O–H groups in total. The Bertz CT molecular complexity index is 1640. The van der Waals surface area contributed by atoms with E-state index in [1.165, 1.54) is 17.0 Å². The van der Waals surface area contributed by atoms with Crippen molar-refractivity contribution < 1.29 is 22.4 Å². The summed E-state index contributed by atoms with van der Waals surface area (Å²) in [6.45, 7) is 3.15. The maximum atomic E-state index is 14.3. The average molecular weight is 667 g/mol. The Kier molecular flexibility index (Phi) is 10.7. The molecule has 43 heavy (non-hydrogen) atoms. The zero-order valence-corrected chi connectivity index (χ0v) is 26.3. The Balaban J connectivity index is 1.79. The van der Waals surface area contributed by atoms with E-state index in [0.717, 1.165) is 32.0 Å². The molecule has 4 aromatic carbocycles. The molecule has 0 spiro atoms. The summed E-state index contributed by atoms with van der Waals surface area (Å²) < 4.78 is 43.3. The fourth-order valence-electron chi connectivity index (χ4n) is 4.62. The molecule has 0 aliphatic rings. The number of anilines is 1. The summed E-state index contributed by atoms with van der Waals surface area (Å²) in [6.07, 6.45) is 0.217. The Morgan fingerprint density at radius 3 is 2.05 bits per heavy atom. The Morgan fingerprint density at radius 2 is 1.44 bits per heavy atom. The van der Waals surface area contributed by atoms with Gasteiger partial charge in [0.25, 0.3) is 10.0 Å². The molecule has 0 radical (unpaired) electrons. The van der Waals surface area contributed by atoms with Gasteiger partial charge in [-0.3, -0.25) is 13.9 Å². The molecule has 0 bridgehead atoms. The van der Waals surface area contributed by atoms with Gasteiger partial charge < -0.3 is 10.2 Å². The zero-order chi connectivity index (χ0) is 31.0. The number of hydrogen-bond acceptors (Lipinski definition) is 4. The van der Waals surface area contributed by atoms with E-state index in [1.807, 2.05) is 68.4 Å². The fourth-order valence-corrected chi connectivity index (χ4v) is 6.48. The van der Waals surface area contributed by atoms with E-state index >= 15 is 0 Å². The smallest absolute Gasteiger partial charge is 0.264 e. The summed E-state index contributed by atoms with van der Waals surface area (Å²) >= 11 is 3.47. The van der Waals surface area contributed by atoms with Crippen LogP contribution in [0.2, 0.25) is 0 Å². The summed E-state index contributed by atoms with van der Waals surface area (Å²) in [4.78, 5) is 29.3. The topological polar surface area (TPSA) is 86.8 Å². The van der Waals surface area contributed by atoms with Gasteiger partial charge in [-0.15, -0.1) is 0 Å². The molecule has 1 atom stereocenters. The highest BCUT2D eigenvalue weighted by Gasteiger charge is 2.34. The first-order chi connectivity index (χ1) is 20.5. The van der Waals surface area contributed by atoms with E-state index in [2.05, 4.69) is 21.2 Å². The molecule has 10 heteroatoms. The van der Waals surface area contributed by atoms with Crippen LogP contribution >= 0.6 is 15.9 Å². The maximum absolute atomic E-state index is 14.3. The molecule has 7 nitrogen and oxygen atoms in total. The SMILES string of the molecule is CC(C)NC(=O)C(Cc1ccccc1)N(Cc1cccc(Br)c1)C(=O)CN(c1ccccc1)S(=O)(=O)c1ccc(F)cc1. The van der Waals surface area contributed by atoms with Gasteiger partial charge in [0.05, 0.1) is 10.6 Å². The van der Waals surface area contributed by atoms with Crippen LogP contribution in [0.25, 0.3) is 0 Å². The van der Waals surface area contributed by atoms with Crippen molar-refractivity contribution in [3.05, 3.63) is 131 Å². The molecule has 0 aliphatic heterocycles. The summed E-state index contributed by atoms with van der Waals surface area (Å²) in [5.74, 6) is -1.51. The van der Waals surface area contributed by atoms with E-state index in [4.69, 9.17) is 0 Å². The van der Waals surface area contributed by atoms with Gasteiger partial charge in [-0.05, 0) is 73.5 Å². The third-order valence-electron chi connectivity index (χ3n) is 6.67. The highest BCUT2D eigenvalue weighted by atomic mass is 79.9. The lowest BCUT2D eigenvalue weighted by molar-refractivity contribution is -0.140. The van der Waals surface area contributed by atoms with E-state index in [0.29, 0.717) is 0 Å². The Hall–Kier alpha value is -4.02. The quantitative estimate of drug-likeness (QED) is 0.203. The van der Waals surface area contributed by atoms with Crippen LogP contribution in [0, 0.1) is 5.82 Å². The lowest BCUT2D eigenvalue weighted by Gasteiger charge is -2.34. The molecule has 0 heterocycles. The Labute approximate surface area is 260 Å². The van der Waals surface area contributed by atoms with Gasteiger partial charge in [-0.1, -0.05) is 76.6 Å². The predicted octanol–water partition coefficient (Wildman–Crippen LogP) is 5.95. The standard InChI is InChI=1S/C33H33BrFN3O4S/c1-24(2)36-33(40)31(21-25-10-5-3-6-11-25)37(22-26-12-9-13-27(34)20-26)32(39)23-38(29-14-7-4-8-15-29)43(41,42)30-18-16-28(35)17-19-30/h3-20,24,31H,21-23H2,1-2H3,(H,36,40). The molecule has 0 saturated carbocycles. The van der Waals surface area contributed by atoms with Crippen molar-refractivity contribution >= 4 is 43.5 Å². The molecule has 0 fully saturated rings. The predicted molar refractivity (Wildman–Crippen MR) is 169 cm³/mol. The minimum Gasteiger partial charge on any atom is -0.352 e. The van der Waals surface area contributed by atoms with Crippen molar-refractivity contribution in [3.63, 3.8) is 0 Å². The molecule has 4 rings (SSSR count). The number of sulfonamides is 1. The molecule has 224 valence electrons. The van der Waals surface area contributed by atoms with Crippen LogP contribution in [0.15, 0.2) is 119 Å². The third-order valence-corrected chi connectivity index (χ3v) is 8.95. The number of amides is 2. The first-order valence-corrected chi connectivity index (χ1v) is 16.0. The number of halogens is 2. The van der Waals surface area contributed by atoms with Gasteiger partial charge in [0, 0.05) is 23.5 Å². The van der Waals surface area contributed by atoms with Crippen molar-refractivity contribution in [2.45, 2.75) is 43.8 Å². The van der Waals surface area contributed by atoms with Crippen LogP contribution < -0.4 is 9.62 Å². The maximum Gasteiger partial charge on any atom is 0.264 e. The van der Waals surface area contributed by atoms with Crippen molar-refractivity contribution in [1.82, 2.24) is 10.2 Å². The highest BCUT2D eigenvalue weighted by Crippen LogP contribution is 2.25. The molecular formula is C33H33BrFN3O4S. The van der Waals surface area contributed by atoms with Crippen LogP contribution in [0.5, 0.6) is 0 Å². The van der Waals surface area contributed by atoms with Gasteiger partial charge in [-0.2, -0.15) is 0 Å². The van der Waals surface area contributed by atoms with Crippen LogP contribution in [0.1, 0.15) is 25.0 Å². The van der Waals surface area contributed by atoms with Crippen molar-refractivity contribution in [2.75, 3.05) is 10.8 Å². The second-order valence-electron chi connectivity index (χ2n) is 10.3. The first-order valence-electron chi connectivity index (χ1n) is 13.8. The molecule has 0 aliphatic carbocycles. The van der Waals surface area contributed by atoms with Gasteiger partial charge in [0.1, 0.15) is 18.4 Å². The lowest BCUT2D eigenvalue weighted by Crippen LogP contribution is -2.54. The van der Waals surface area contributed by atoms with Crippen LogP contribution in [0.4, 0.5) is 10.1 Å². The highest BCUT2D eigenvalue weighted by molar-refractivity contribution is 9.10. The number of carbonyl (C=O) groups is 2. The van der Waals surface area contributed by atoms with Gasteiger partial charge in [-0.25, -0.2) is 12.8 Å². The monoisotopic (exact) mass is 665 g/mol. The van der Waals surface area contributed by atoms with E-state index in [1.54, 1.807) is 30.3 Å². The van der Waals surface area contributed by atoms with Gasteiger partial charge >= 0.3 is 0 Å². The Morgan fingerprint density at radius 1 is 0.837 bits per heavy atom. The summed E-state index contributed by atoms with van der Waals surface area (Å²) in [5, 5.41) is 2.93. The lowest BCUT2D eigenvalue weighted by atomic mass is 10.0. The van der Waals surface area contributed by atoms with Crippen LogP contribution in [0.3, 0.4) is 0 Å². The van der Waals surface area contributed by atoms with E-state index in [9.17, 15) is 22.4 Å². The first kappa shape index (κ1) is 31.9. The number of carbonyl (C=O) groups excluding carboxylic acids is 2. The molecule has 0 saturated heterocycles. The number of benzene rings is 4. The molecule has 1 unspecified atom stereocenters. The summed E-state index contributed by atoms with van der Waals surface area (Å²) in [5.41, 5.74) is 1.86. The molecular weight excluding hydrogens is 633 g/mol. The van der Waals surface area contributed by atoms with Crippen LogP contribution in [-0.2, 0) is 32.6 Å². The molecule has 2 amide bonds. The minimum atomic E-state index is -4.29. The summed E-state index contributed by atoms with van der Waals surface area (Å²) in [7, 11) is -4.29. The van der Waals surface area contributed by atoms with Crippen molar-refractivity contribution in [2.24, 2.45) is 0 Å². The zero-order valence-electron chi connectivity index (χ0n) is 23.9. The fraction of sp³-hybridized carbons (Fsp3) is 0.212. The van der Waals surface area contributed by atoms with Crippen molar-refractivity contribution in [3.8, 4) is 0 Å². The van der Waals surface area contributed by atoms with E-state index < -0.39 is 34.3 Å². The number of hydrogen-bond donors (Lipinski definition) is 1. The average Bonchev–Trinajstić information content (AvgIpc) is 2.98. The van der Waals surface area contributed by atoms with Crippen molar-refractivity contribution in [1.29, 1.82) is 0 Å². The number of nitrogens with one attached hydrogen (secondary N) is 1. The second-order valence-corrected chi connectivity index (χ2v) is 13.1. The second kappa shape index (κ2) is 14.4. The third kappa shape index (κ3) is 8.52. The number of rotatable bonds is 12. The number of para-hydroxylation sites is 1. The summed E-state index contributed by atoms with van der Waals surface area (Å²) in [6, 6.07) is 28.3. The molecule has 4 aromatic rings. The van der Waals surface area contributed by atoms with Crippen LogP contribution in [-0.4, -0.2) is 43.8 Å². The molecule has 0 aromatic heterocycles. The minimum absolute atomic E-state index is 0.0561. The van der Waals surface area contributed by atoms with Gasteiger partial charge in [0.15, 0.2) is 0 Å². The largest absolute Gasteiger partial charge is 0.352 e.